The SMILES string of the molecule is CCC(CC(C)O)OC(=O)CCCCC1CCSS1.CCC(O)CC(O)CC(O)CC.O=C(O)CCCCC1CCSS1. The highest BCUT2D eigenvalue weighted by atomic mass is 33.1. The molecule has 2 aliphatic rings. The molecular weight excluding hydrogens is 629 g/mol. The van der Waals surface area contributed by atoms with Gasteiger partial charge < -0.3 is 30.3 Å². The third-order valence-electron chi connectivity index (χ3n) is 7.17. The molecule has 0 aromatic heterocycles. The highest BCUT2D eigenvalue weighted by molar-refractivity contribution is 8.77. The van der Waals surface area contributed by atoms with Gasteiger partial charge in [-0.25, -0.2) is 0 Å². The van der Waals surface area contributed by atoms with E-state index in [9.17, 15) is 30.0 Å². The summed E-state index contributed by atoms with van der Waals surface area (Å²) in [7, 11) is 7.88. The van der Waals surface area contributed by atoms with E-state index in [1.165, 1.54) is 37.2 Å². The summed E-state index contributed by atoms with van der Waals surface area (Å²) in [5, 5.41) is 47.0. The van der Waals surface area contributed by atoms with Crippen LogP contribution in [0.5, 0.6) is 0 Å². The minimum Gasteiger partial charge on any atom is -0.481 e. The number of carboxylic acid groups (broad SMARTS) is 1. The Labute approximate surface area is 276 Å². The summed E-state index contributed by atoms with van der Waals surface area (Å²) in [5.41, 5.74) is 0. The van der Waals surface area contributed by atoms with Crippen LogP contribution in [0.2, 0.25) is 0 Å². The fraction of sp³-hybridized carbons (Fsp3) is 0.935. The van der Waals surface area contributed by atoms with E-state index in [2.05, 4.69) is 0 Å². The third kappa shape index (κ3) is 27.0. The molecule has 0 saturated carbocycles. The zero-order valence-corrected chi connectivity index (χ0v) is 30.1. The molecule has 0 spiro atoms. The van der Waals surface area contributed by atoms with E-state index in [0.717, 1.165) is 42.6 Å². The van der Waals surface area contributed by atoms with Crippen molar-refractivity contribution in [3.8, 4) is 0 Å². The number of aliphatic carboxylic acids is 1. The summed E-state index contributed by atoms with van der Waals surface area (Å²) in [6.45, 7) is 7.45. The number of ether oxygens (including phenoxy) is 1. The molecule has 0 aromatic rings. The van der Waals surface area contributed by atoms with Crippen molar-refractivity contribution in [3.63, 3.8) is 0 Å². The number of carbonyl (C=O) groups excluding carboxylic acids is 1. The van der Waals surface area contributed by atoms with Crippen LogP contribution in [-0.4, -0.2) is 90.0 Å². The molecule has 12 heteroatoms. The first-order valence-corrected chi connectivity index (χ1v) is 21.0. The predicted molar refractivity (Wildman–Crippen MR) is 186 cm³/mol. The van der Waals surface area contributed by atoms with E-state index in [1.807, 2.05) is 63.9 Å². The summed E-state index contributed by atoms with van der Waals surface area (Å²) in [6.07, 6.45) is 11.2. The Bertz CT molecular complexity index is 664. The van der Waals surface area contributed by atoms with Crippen molar-refractivity contribution in [2.24, 2.45) is 0 Å². The lowest BCUT2D eigenvalue weighted by Gasteiger charge is -2.17. The van der Waals surface area contributed by atoms with E-state index < -0.39 is 30.4 Å². The summed E-state index contributed by atoms with van der Waals surface area (Å²) < 4.78 is 5.37. The second kappa shape index (κ2) is 28.4. The van der Waals surface area contributed by atoms with Gasteiger partial charge in [0.05, 0.1) is 24.4 Å². The fourth-order valence-corrected chi connectivity index (χ4v) is 10.5. The first-order chi connectivity index (χ1) is 20.5. The maximum atomic E-state index is 11.7. The zero-order chi connectivity index (χ0) is 32.5. The number of hydrogen-bond donors (Lipinski definition) is 5. The lowest BCUT2D eigenvalue weighted by atomic mass is 10.0. The lowest BCUT2D eigenvalue weighted by Crippen LogP contribution is -2.22. The van der Waals surface area contributed by atoms with Crippen LogP contribution >= 0.6 is 43.2 Å². The number of carboxylic acids is 1. The molecule has 2 saturated heterocycles. The molecule has 8 nitrogen and oxygen atoms in total. The summed E-state index contributed by atoms with van der Waals surface area (Å²) in [6, 6.07) is 0. The molecule has 0 radical (unpaired) electrons. The van der Waals surface area contributed by atoms with E-state index in [4.69, 9.17) is 9.84 Å². The van der Waals surface area contributed by atoms with Gasteiger partial charge in [0.2, 0.25) is 0 Å². The highest BCUT2D eigenvalue weighted by Gasteiger charge is 2.18. The van der Waals surface area contributed by atoms with Crippen LogP contribution in [0.15, 0.2) is 0 Å². The van der Waals surface area contributed by atoms with E-state index in [0.29, 0.717) is 44.9 Å². The van der Waals surface area contributed by atoms with Crippen molar-refractivity contribution in [3.05, 3.63) is 0 Å². The number of carbonyl (C=O) groups is 2. The standard InChI is InChI=1S/C14H26O3S2.C9H20O3.C8H14O2S2/c1-3-12(10-11(2)15)17-14(16)7-5-4-6-13-8-9-18-19-13;1-3-7(10)5-9(12)6-8(11)4-2;9-8(10)4-2-1-3-7-5-6-11-12-7/h11-13,15H,3-10H2,1-2H3;7-12H,3-6H2,1-2H3;7H,1-6H2,(H,9,10). The van der Waals surface area contributed by atoms with Crippen molar-refractivity contribution >= 4 is 55.1 Å². The Morgan fingerprint density at radius 2 is 1.21 bits per heavy atom. The van der Waals surface area contributed by atoms with Crippen molar-refractivity contribution in [2.75, 3.05) is 11.5 Å². The molecule has 2 fully saturated rings. The Hall–Kier alpha value is 0.180. The maximum absolute atomic E-state index is 11.7. The van der Waals surface area contributed by atoms with Gasteiger partial charge in [0.15, 0.2) is 0 Å². The van der Waals surface area contributed by atoms with Gasteiger partial charge in [0, 0.05) is 41.3 Å². The van der Waals surface area contributed by atoms with Crippen LogP contribution in [0.1, 0.15) is 130 Å². The molecule has 0 aliphatic carbocycles. The lowest BCUT2D eigenvalue weighted by molar-refractivity contribution is -0.150. The molecule has 2 aliphatic heterocycles. The van der Waals surface area contributed by atoms with Crippen LogP contribution in [0.4, 0.5) is 0 Å². The van der Waals surface area contributed by atoms with E-state index in [-0.39, 0.29) is 12.1 Å². The van der Waals surface area contributed by atoms with Gasteiger partial charge in [-0.15, -0.1) is 0 Å². The first-order valence-electron chi connectivity index (χ1n) is 16.2. The van der Waals surface area contributed by atoms with Crippen molar-refractivity contribution in [2.45, 2.75) is 171 Å². The smallest absolute Gasteiger partial charge is 0.306 e. The van der Waals surface area contributed by atoms with Crippen LogP contribution in [0.3, 0.4) is 0 Å². The summed E-state index contributed by atoms with van der Waals surface area (Å²) in [4.78, 5) is 21.9. The van der Waals surface area contributed by atoms with Crippen LogP contribution in [-0.2, 0) is 14.3 Å². The molecule has 0 bridgehead atoms. The molecule has 5 N–H and O–H groups in total. The molecule has 2 rings (SSSR count). The number of aliphatic hydroxyl groups is 4. The number of rotatable bonds is 20. The predicted octanol–water partition coefficient (Wildman–Crippen LogP) is 7.25. The molecule has 0 amide bonds. The summed E-state index contributed by atoms with van der Waals surface area (Å²) in [5.74, 6) is 1.77. The second-order valence-corrected chi connectivity index (χ2v) is 17.0. The van der Waals surface area contributed by atoms with Gasteiger partial charge in [-0.2, -0.15) is 0 Å². The first kappa shape index (κ1) is 43.2. The fourth-order valence-electron chi connectivity index (χ4n) is 4.40. The van der Waals surface area contributed by atoms with Gasteiger partial charge in [-0.3, -0.25) is 9.59 Å². The molecule has 6 atom stereocenters. The molecule has 43 heavy (non-hydrogen) atoms. The monoisotopic (exact) mass is 688 g/mol. The topological polar surface area (TPSA) is 145 Å². The molecular formula is C31H60O8S4. The number of aliphatic hydroxyl groups excluding tert-OH is 4. The van der Waals surface area contributed by atoms with Gasteiger partial charge in [-0.1, -0.05) is 76.8 Å². The van der Waals surface area contributed by atoms with E-state index >= 15 is 0 Å². The Morgan fingerprint density at radius 1 is 0.721 bits per heavy atom. The molecule has 6 unspecified atom stereocenters. The van der Waals surface area contributed by atoms with Crippen molar-refractivity contribution in [1.29, 1.82) is 0 Å². The Balaban J connectivity index is 0.000000644. The Morgan fingerprint density at radius 3 is 1.58 bits per heavy atom. The van der Waals surface area contributed by atoms with Crippen molar-refractivity contribution < 1.29 is 39.9 Å². The van der Waals surface area contributed by atoms with Crippen LogP contribution < -0.4 is 0 Å². The van der Waals surface area contributed by atoms with Gasteiger partial charge in [-0.05, 0) is 77.6 Å². The average Bonchev–Trinajstić information content (AvgIpc) is 3.68. The van der Waals surface area contributed by atoms with Crippen LogP contribution in [0, 0.1) is 0 Å². The van der Waals surface area contributed by atoms with Gasteiger partial charge in [0.25, 0.3) is 0 Å². The minimum absolute atomic E-state index is 0.110. The van der Waals surface area contributed by atoms with E-state index in [1.54, 1.807) is 6.92 Å². The molecule has 2 heterocycles. The number of hydrogen-bond acceptors (Lipinski definition) is 11. The number of unbranched alkanes of at least 4 members (excludes halogenated alkanes) is 2. The van der Waals surface area contributed by atoms with Gasteiger partial charge in [0.1, 0.15) is 6.10 Å². The zero-order valence-electron chi connectivity index (χ0n) is 26.9. The molecule has 256 valence electrons. The van der Waals surface area contributed by atoms with Crippen LogP contribution in [0.25, 0.3) is 0 Å². The molecule has 0 aromatic carbocycles. The third-order valence-corrected chi connectivity index (χ3v) is 13.2. The largest absolute Gasteiger partial charge is 0.481 e. The highest BCUT2D eigenvalue weighted by Crippen LogP contribution is 2.40. The number of esters is 1. The normalized spacial score (nSPS) is 21.4. The summed E-state index contributed by atoms with van der Waals surface area (Å²) >= 11 is 0. The maximum Gasteiger partial charge on any atom is 0.306 e. The van der Waals surface area contributed by atoms with Crippen molar-refractivity contribution in [1.82, 2.24) is 0 Å². The average molecular weight is 689 g/mol. The second-order valence-electron chi connectivity index (χ2n) is 11.4. The minimum atomic E-state index is -0.663. The quantitative estimate of drug-likeness (QED) is 0.0499. The Kier molecular flexibility index (Phi) is 28.5. The van der Waals surface area contributed by atoms with Gasteiger partial charge >= 0.3 is 11.9 Å².